The molecule has 0 saturated heterocycles. The Hall–Kier alpha value is -0.0800. The summed E-state index contributed by atoms with van der Waals surface area (Å²) in [6, 6.07) is 0. The highest BCUT2D eigenvalue weighted by Gasteiger charge is 2.50. The zero-order chi connectivity index (χ0) is 11.2. The van der Waals surface area contributed by atoms with E-state index in [9.17, 15) is 5.11 Å². The molecule has 0 amide bonds. The van der Waals surface area contributed by atoms with E-state index in [4.69, 9.17) is 5.73 Å². The molecule has 0 aromatic carbocycles. The van der Waals surface area contributed by atoms with E-state index in [1.54, 1.807) is 0 Å². The van der Waals surface area contributed by atoms with Gasteiger partial charge in [-0.1, -0.05) is 0 Å². The lowest BCUT2D eigenvalue weighted by Crippen LogP contribution is -2.47. The van der Waals surface area contributed by atoms with Gasteiger partial charge in [-0.2, -0.15) is 0 Å². The van der Waals surface area contributed by atoms with E-state index in [0.717, 1.165) is 17.8 Å². The molecular formula is C14H25NO. The van der Waals surface area contributed by atoms with E-state index in [1.807, 2.05) is 0 Å². The standard InChI is InChI=1S/C14H25NO/c15-8-13(9-16)7-14-4-10-1-11(5-14)3-12(2-10)6-14/h10-13,16H,1-9,15H2. The molecule has 92 valence electrons. The van der Waals surface area contributed by atoms with Crippen molar-refractivity contribution in [3.8, 4) is 0 Å². The van der Waals surface area contributed by atoms with Gasteiger partial charge in [0, 0.05) is 6.61 Å². The van der Waals surface area contributed by atoms with E-state index in [1.165, 1.54) is 44.9 Å². The fourth-order valence-electron chi connectivity index (χ4n) is 5.37. The first-order chi connectivity index (χ1) is 7.73. The zero-order valence-corrected chi connectivity index (χ0v) is 10.2. The molecular weight excluding hydrogens is 198 g/mol. The summed E-state index contributed by atoms with van der Waals surface area (Å²) in [4.78, 5) is 0. The van der Waals surface area contributed by atoms with Gasteiger partial charge in [-0.05, 0) is 80.6 Å². The van der Waals surface area contributed by atoms with Crippen LogP contribution in [0.15, 0.2) is 0 Å². The highest BCUT2D eigenvalue weighted by atomic mass is 16.3. The second-order valence-electron chi connectivity index (χ2n) is 6.91. The van der Waals surface area contributed by atoms with Gasteiger partial charge in [0.15, 0.2) is 0 Å². The molecule has 0 spiro atoms. The van der Waals surface area contributed by atoms with E-state index in [0.29, 0.717) is 17.9 Å². The lowest BCUT2D eigenvalue weighted by Gasteiger charge is -2.57. The summed E-state index contributed by atoms with van der Waals surface area (Å²) in [5.74, 6) is 3.41. The molecule has 4 aliphatic rings. The van der Waals surface area contributed by atoms with E-state index in [-0.39, 0.29) is 6.61 Å². The highest BCUT2D eigenvalue weighted by Crippen LogP contribution is 2.61. The molecule has 0 aliphatic heterocycles. The third-order valence-electron chi connectivity index (χ3n) is 5.48. The van der Waals surface area contributed by atoms with E-state index in [2.05, 4.69) is 0 Å². The number of nitrogens with two attached hydrogens (primary N) is 1. The smallest absolute Gasteiger partial charge is 0.0471 e. The number of aliphatic hydroxyl groups excluding tert-OH is 1. The summed E-state index contributed by atoms with van der Waals surface area (Å²) < 4.78 is 0. The van der Waals surface area contributed by atoms with Crippen molar-refractivity contribution in [2.24, 2.45) is 34.8 Å². The monoisotopic (exact) mass is 223 g/mol. The first-order valence-corrected chi connectivity index (χ1v) is 7.04. The van der Waals surface area contributed by atoms with Crippen LogP contribution in [0.3, 0.4) is 0 Å². The lowest BCUT2D eigenvalue weighted by molar-refractivity contribution is -0.0678. The van der Waals surface area contributed by atoms with Crippen molar-refractivity contribution < 1.29 is 5.11 Å². The fourth-order valence-corrected chi connectivity index (χ4v) is 5.37. The molecule has 2 nitrogen and oxygen atoms in total. The molecule has 4 rings (SSSR count). The molecule has 4 aliphatic carbocycles. The number of hydrogen-bond donors (Lipinski definition) is 2. The fraction of sp³-hybridized carbons (Fsp3) is 1.00. The summed E-state index contributed by atoms with van der Waals surface area (Å²) in [5, 5.41) is 9.35. The van der Waals surface area contributed by atoms with Gasteiger partial charge in [-0.25, -0.2) is 0 Å². The summed E-state index contributed by atoms with van der Waals surface area (Å²) in [6.07, 6.45) is 10.0. The van der Waals surface area contributed by atoms with Gasteiger partial charge < -0.3 is 10.8 Å². The van der Waals surface area contributed by atoms with Crippen LogP contribution in [0.2, 0.25) is 0 Å². The van der Waals surface area contributed by atoms with Crippen molar-refractivity contribution in [1.29, 1.82) is 0 Å². The minimum Gasteiger partial charge on any atom is -0.396 e. The van der Waals surface area contributed by atoms with Gasteiger partial charge in [-0.15, -0.1) is 0 Å². The van der Waals surface area contributed by atoms with Crippen LogP contribution in [0.4, 0.5) is 0 Å². The molecule has 2 heteroatoms. The van der Waals surface area contributed by atoms with Gasteiger partial charge in [-0.3, -0.25) is 0 Å². The van der Waals surface area contributed by atoms with Crippen molar-refractivity contribution in [3.63, 3.8) is 0 Å². The molecule has 3 N–H and O–H groups in total. The topological polar surface area (TPSA) is 46.2 Å². The van der Waals surface area contributed by atoms with Crippen LogP contribution < -0.4 is 5.73 Å². The Bertz CT molecular complexity index is 224. The molecule has 1 atom stereocenters. The molecule has 4 fully saturated rings. The normalized spacial score (nSPS) is 47.2. The molecule has 0 aromatic heterocycles. The SMILES string of the molecule is NCC(CO)CC12CC3CC(CC(C3)C1)C2. The Morgan fingerprint density at radius 2 is 1.56 bits per heavy atom. The van der Waals surface area contributed by atoms with Crippen molar-refractivity contribution in [2.45, 2.75) is 44.9 Å². The largest absolute Gasteiger partial charge is 0.396 e. The summed E-state index contributed by atoms with van der Waals surface area (Å²) in [7, 11) is 0. The van der Waals surface area contributed by atoms with Crippen LogP contribution in [-0.4, -0.2) is 18.3 Å². The van der Waals surface area contributed by atoms with Gasteiger partial charge in [0.25, 0.3) is 0 Å². The van der Waals surface area contributed by atoms with Gasteiger partial charge in [0.2, 0.25) is 0 Å². The Morgan fingerprint density at radius 1 is 1.06 bits per heavy atom. The summed E-state index contributed by atoms with van der Waals surface area (Å²) in [6.45, 7) is 0.955. The Labute approximate surface area is 98.6 Å². The van der Waals surface area contributed by atoms with Gasteiger partial charge >= 0.3 is 0 Å². The minimum atomic E-state index is 0.290. The quantitative estimate of drug-likeness (QED) is 0.767. The maximum absolute atomic E-state index is 9.35. The Morgan fingerprint density at radius 3 is 1.94 bits per heavy atom. The van der Waals surface area contributed by atoms with Crippen LogP contribution in [0.25, 0.3) is 0 Å². The van der Waals surface area contributed by atoms with Crippen molar-refractivity contribution in [3.05, 3.63) is 0 Å². The summed E-state index contributed by atoms with van der Waals surface area (Å²) in [5.41, 5.74) is 6.34. The van der Waals surface area contributed by atoms with Gasteiger partial charge in [0.05, 0.1) is 0 Å². The number of rotatable bonds is 4. The first-order valence-electron chi connectivity index (χ1n) is 7.04. The average molecular weight is 223 g/mol. The number of hydrogen-bond acceptors (Lipinski definition) is 2. The maximum atomic E-state index is 9.35. The van der Waals surface area contributed by atoms with E-state index < -0.39 is 0 Å². The molecule has 4 bridgehead atoms. The zero-order valence-electron chi connectivity index (χ0n) is 10.2. The Kier molecular flexibility index (Phi) is 2.75. The van der Waals surface area contributed by atoms with Crippen LogP contribution in [0, 0.1) is 29.1 Å². The van der Waals surface area contributed by atoms with Crippen molar-refractivity contribution in [2.75, 3.05) is 13.2 Å². The van der Waals surface area contributed by atoms with Crippen LogP contribution in [-0.2, 0) is 0 Å². The average Bonchev–Trinajstić information content (AvgIpc) is 2.24. The van der Waals surface area contributed by atoms with E-state index >= 15 is 0 Å². The second kappa shape index (κ2) is 3.99. The third-order valence-corrected chi connectivity index (χ3v) is 5.48. The van der Waals surface area contributed by atoms with Gasteiger partial charge in [0.1, 0.15) is 0 Å². The predicted octanol–water partition coefficient (Wildman–Crippen LogP) is 2.16. The minimum absolute atomic E-state index is 0.290. The highest BCUT2D eigenvalue weighted by molar-refractivity contribution is 5.01. The first kappa shape index (κ1) is 11.0. The molecule has 16 heavy (non-hydrogen) atoms. The number of aliphatic hydroxyl groups is 1. The molecule has 4 saturated carbocycles. The molecule has 0 radical (unpaired) electrons. The van der Waals surface area contributed by atoms with Crippen LogP contribution in [0.1, 0.15) is 44.9 Å². The Balaban J connectivity index is 1.73. The van der Waals surface area contributed by atoms with Crippen LogP contribution in [0.5, 0.6) is 0 Å². The lowest BCUT2D eigenvalue weighted by atomic mass is 9.48. The van der Waals surface area contributed by atoms with Crippen molar-refractivity contribution in [1.82, 2.24) is 0 Å². The van der Waals surface area contributed by atoms with Crippen molar-refractivity contribution >= 4 is 0 Å². The summed E-state index contributed by atoms with van der Waals surface area (Å²) >= 11 is 0. The molecule has 0 aromatic rings. The third kappa shape index (κ3) is 1.80. The predicted molar refractivity (Wildman–Crippen MR) is 64.9 cm³/mol. The second-order valence-corrected chi connectivity index (χ2v) is 6.91. The maximum Gasteiger partial charge on any atom is 0.0471 e. The molecule has 0 heterocycles. The van der Waals surface area contributed by atoms with Crippen LogP contribution >= 0.6 is 0 Å². The molecule has 1 unspecified atom stereocenters.